The second kappa shape index (κ2) is 10.8. The number of rotatable bonds is 6. The number of benzene rings is 1. The van der Waals surface area contributed by atoms with Crippen LogP contribution in [0.5, 0.6) is 0 Å². The summed E-state index contributed by atoms with van der Waals surface area (Å²) in [5, 5.41) is 6.48. The molecule has 0 aromatic heterocycles. The molecule has 1 saturated heterocycles. The van der Waals surface area contributed by atoms with Gasteiger partial charge in [-0.15, -0.1) is 24.0 Å². The van der Waals surface area contributed by atoms with Gasteiger partial charge in [0.2, 0.25) is 0 Å². The van der Waals surface area contributed by atoms with Gasteiger partial charge in [0.25, 0.3) is 0 Å². The smallest absolute Gasteiger partial charge is 0.191 e. The number of sulfone groups is 1. The normalized spacial score (nSPS) is 21.0. The standard InChI is InChI=1S/C20H33N3O3S.HI/c1-15-8-10-16(11-9-15)18-17(7-6-12-26-18)13-22-19(21-4)23-14-20(2,3)27(5,24)25;/h8-11,17-18H,6-7,12-14H2,1-5H3,(H2,21,22,23);1H. The van der Waals surface area contributed by atoms with Crippen LogP contribution in [0.25, 0.3) is 0 Å². The van der Waals surface area contributed by atoms with E-state index in [1.54, 1.807) is 20.9 Å². The van der Waals surface area contributed by atoms with E-state index in [1.165, 1.54) is 17.4 Å². The van der Waals surface area contributed by atoms with Crippen molar-refractivity contribution in [3.63, 3.8) is 0 Å². The molecule has 1 fully saturated rings. The number of aliphatic imine (C=N–C) groups is 1. The van der Waals surface area contributed by atoms with E-state index < -0.39 is 14.6 Å². The van der Waals surface area contributed by atoms with Crippen LogP contribution in [0.15, 0.2) is 29.3 Å². The molecule has 2 rings (SSSR count). The van der Waals surface area contributed by atoms with Gasteiger partial charge >= 0.3 is 0 Å². The third-order valence-corrected chi connectivity index (χ3v) is 7.44. The number of nitrogens with zero attached hydrogens (tertiary/aromatic N) is 1. The Morgan fingerprint density at radius 2 is 1.89 bits per heavy atom. The van der Waals surface area contributed by atoms with Crippen molar-refractivity contribution in [3.8, 4) is 0 Å². The first-order valence-corrected chi connectivity index (χ1v) is 11.4. The second-order valence-electron chi connectivity index (χ2n) is 7.94. The number of nitrogens with one attached hydrogen (secondary N) is 2. The molecule has 1 aliphatic rings. The number of ether oxygens (including phenoxy) is 1. The zero-order valence-electron chi connectivity index (χ0n) is 17.5. The number of hydrogen-bond acceptors (Lipinski definition) is 4. The molecular weight excluding hydrogens is 489 g/mol. The molecule has 2 unspecified atom stereocenters. The van der Waals surface area contributed by atoms with Crippen molar-refractivity contribution in [1.82, 2.24) is 10.6 Å². The van der Waals surface area contributed by atoms with Gasteiger partial charge in [-0.3, -0.25) is 4.99 Å². The van der Waals surface area contributed by atoms with Crippen molar-refractivity contribution in [3.05, 3.63) is 35.4 Å². The van der Waals surface area contributed by atoms with Crippen LogP contribution in [0.3, 0.4) is 0 Å². The summed E-state index contributed by atoms with van der Waals surface area (Å²) in [5.41, 5.74) is 2.44. The lowest BCUT2D eigenvalue weighted by Crippen LogP contribution is -2.49. The summed E-state index contributed by atoms with van der Waals surface area (Å²) in [6.45, 7) is 7.31. The monoisotopic (exact) mass is 523 g/mol. The fraction of sp³-hybridized carbons (Fsp3) is 0.650. The van der Waals surface area contributed by atoms with Gasteiger partial charge in [-0.2, -0.15) is 0 Å². The summed E-state index contributed by atoms with van der Waals surface area (Å²) in [7, 11) is -1.46. The van der Waals surface area contributed by atoms with Crippen LogP contribution < -0.4 is 10.6 Å². The number of aryl methyl sites for hydroxylation is 1. The highest BCUT2D eigenvalue weighted by Gasteiger charge is 2.31. The van der Waals surface area contributed by atoms with E-state index in [0.717, 1.165) is 26.0 Å². The fourth-order valence-electron chi connectivity index (χ4n) is 3.05. The molecule has 160 valence electrons. The topological polar surface area (TPSA) is 79.8 Å². The molecule has 1 aliphatic heterocycles. The highest BCUT2D eigenvalue weighted by Crippen LogP contribution is 2.33. The zero-order valence-corrected chi connectivity index (χ0v) is 20.6. The van der Waals surface area contributed by atoms with Crippen LogP contribution in [-0.2, 0) is 14.6 Å². The van der Waals surface area contributed by atoms with Gasteiger partial charge in [-0.05, 0) is 39.2 Å². The lowest BCUT2D eigenvalue weighted by Gasteiger charge is -2.33. The summed E-state index contributed by atoms with van der Waals surface area (Å²) < 4.78 is 28.9. The first-order valence-electron chi connectivity index (χ1n) is 9.46. The Balaban J connectivity index is 0.00000392. The molecule has 0 aliphatic carbocycles. The first kappa shape index (κ1) is 25.2. The molecule has 6 nitrogen and oxygen atoms in total. The van der Waals surface area contributed by atoms with Crippen LogP contribution in [0.4, 0.5) is 0 Å². The molecule has 8 heteroatoms. The van der Waals surface area contributed by atoms with Crippen molar-refractivity contribution in [1.29, 1.82) is 0 Å². The maximum Gasteiger partial charge on any atom is 0.191 e. The molecule has 2 N–H and O–H groups in total. The Morgan fingerprint density at radius 1 is 1.25 bits per heavy atom. The van der Waals surface area contributed by atoms with E-state index in [9.17, 15) is 8.42 Å². The largest absolute Gasteiger partial charge is 0.373 e. The van der Waals surface area contributed by atoms with Gasteiger partial charge in [-0.25, -0.2) is 8.42 Å². The summed E-state index contributed by atoms with van der Waals surface area (Å²) in [4.78, 5) is 4.23. The van der Waals surface area contributed by atoms with Gasteiger partial charge in [0.1, 0.15) is 0 Å². The predicted octanol–water partition coefficient (Wildman–Crippen LogP) is 3.07. The molecule has 0 saturated carbocycles. The lowest BCUT2D eigenvalue weighted by molar-refractivity contribution is -0.0265. The van der Waals surface area contributed by atoms with Crippen LogP contribution in [0, 0.1) is 12.8 Å². The van der Waals surface area contributed by atoms with Gasteiger partial charge in [0.05, 0.1) is 10.9 Å². The third kappa shape index (κ3) is 6.88. The summed E-state index contributed by atoms with van der Waals surface area (Å²) >= 11 is 0. The molecule has 2 atom stereocenters. The van der Waals surface area contributed by atoms with Crippen molar-refractivity contribution < 1.29 is 13.2 Å². The van der Waals surface area contributed by atoms with E-state index >= 15 is 0 Å². The molecule has 0 spiro atoms. The Kier molecular flexibility index (Phi) is 9.69. The Morgan fingerprint density at radius 3 is 2.46 bits per heavy atom. The number of halogens is 1. The van der Waals surface area contributed by atoms with Crippen LogP contribution in [0.2, 0.25) is 0 Å². The van der Waals surface area contributed by atoms with Crippen LogP contribution in [0.1, 0.15) is 43.9 Å². The fourth-order valence-corrected chi connectivity index (χ4v) is 3.39. The third-order valence-electron chi connectivity index (χ3n) is 5.29. The van der Waals surface area contributed by atoms with E-state index in [1.807, 2.05) is 0 Å². The quantitative estimate of drug-likeness (QED) is 0.341. The summed E-state index contributed by atoms with van der Waals surface area (Å²) in [6.07, 6.45) is 3.45. The summed E-state index contributed by atoms with van der Waals surface area (Å²) in [5.74, 6) is 0.947. The molecular formula is C20H34IN3O3S. The minimum absolute atomic E-state index is 0. The average molecular weight is 523 g/mol. The van der Waals surface area contributed by atoms with Gasteiger partial charge in [-0.1, -0.05) is 29.8 Å². The minimum atomic E-state index is -3.16. The maximum atomic E-state index is 11.9. The molecule has 0 amide bonds. The average Bonchev–Trinajstić information content (AvgIpc) is 2.62. The van der Waals surface area contributed by atoms with Crippen molar-refractivity contribution in [2.75, 3.05) is 33.0 Å². The lowest BCUT2D eigenvalue weighted by atomic mass is 9.89. The SMILES string of the molecule is CN=C(NCC1CCCOC1c1ccc(C)cc1)NCC(C)(C)S(C)(=O)=O.I. The van der Waals surface area contributed by atoms with E-state index in [2.05, 4.69) is 46.8 Å². The first-order chi connectivity index (χ1) is 12.6. The molecule has 0 bridgehead atoms. The van der Waals surface area contributed by atoms with Crippen LogP contribution >= 0.6 is 24.0 Å². The van der Waals surface area contributed by atoms with E-state index in [0.29, 0.717) is 18.4 Å². The van der Waals surface area contributed by atoms with Crippen molar-refractivity contribution >= 4 is 39.8 Å². The van der Waals surface area contributed by atoms with Gasteiger partial charge < -0.3 is 15.4 Å². The molecule has 1 heterocycles. The minimum Gasteiger partial charge on any atom is -0.373 e. The van der Waals surface area contributed by atoms with Crippen molar-refractivity contribution in [2.45, 2.75) is 44.5 Å². The zero-order chi connectivity index (χ0) is 20.1. The second-order valence-corrected chi connectivity index (χ2v) is 10.6. The van der Waals surface area contributed by atoms with E-state index in [4.69, 9.17) is 4.74 Å². The van der Waals surface area contributed by atoms with Gasteiger partial charge in [0, 0.05) is 38.9 Å². The van der Waals surface area contributed by atoms with E-state index in [-0.39, 0.29) is 30.1 Å². The predicted molar refractivity (Wildman–Crippen MR) is 126 cm³/mol. The van der Waals surface area contributed by atoms with Crippen molar-refractivity contribution in [2.24, 2.45) is 10.9 Å². The summed E-state index contributed by atoms with van der Waals surface area (Å²) in [6, 6.07) is 8.51. The Labute approximate surface area is 186 Å². The molecule has 1 aromatic carbocycles. The van der Waals surface area contributed by atoms with Crippen LogP contribution in [-0.4, -0.2) is 52.1 Å². The maximum absolute atomic E-state index is 11.9. The Hall–Kier alpha value is -0.870. The Bertz CT molecular complexity index is 748. The number of guanidine groups is 1. The highest BCUT2D eigenvalue weighted by molar-refractivity contribution is 14.0. The highest BCUT2D eigenvalue weighted by atomic mass is 127. The van der Waals surface area contributed by atoms with Gasteiger partial charge in [0.15, 0.2) is 15.8 Å². The molecule has 1 aromatic rings. The number of hydrogen-bond donors (Lipinski definition) is 2. The molecule has 0 radical (unpaired) electrons. The molecule has 28 heavy (non-hydrogen) atoms.